The molecule has 1 aliphatic rings. The highest BCUT2D eigenvalue weighted by atomic mass is 35.5. The molecule has 2 N–H and O–H groups in total. The van der Waals surface area contributed by atoms with Crippen molar-refractivity contribution in [2.24, 2.45) is 5.92 Å². The zero-order valence-electron chi connectivity index (χ0n) is 15.1. The Kier molecular flexibility index (Phi) is 5.78. The van der Waals surface area contributed by atoms with Crippen molar-refractivity contribution >= 4 is 17.3 Å². The predicted octanol–water partition coefficient (Wildman–Crippen LogP) is 5.12. The maximum absolute atomic E-state index is 13.8. The molecule has 0 amide bonds. The number of benzene rings is 2. The minimum Gasteiger partial charge on any atom is -0.497 e. The molecule has 0 saturated heterocycles. The van der Waals surface area contributed by atoms with Gasteiger partial charge in [0.25, 0.3) is 0 Å². The van der Waals surface area contributed by atoms with Crippen LogP contribution in [0.25, 0.3) is 0 Å². The summed E-state index contributed by atoms with van der Waals surface area (Å²) in [5.74, 6) is 5.18. The molecule has 0 unspecified atom stereocenters. The second kappa shape index (κ2) is 7.94. The van der Waals surface area contributed by atoms with Crippen LogP contribution in [0.15, 0.2) is 42.5 Å². The molecule has 0 aromatic heterocycles. The third kappa shape index (κ3) is 4.54. The van der Waals surface area contributed by atoms with Crippen molar-refractivity contribution in [1.29, 1.82) is 0 Å². The summed E-state index contributed by atoms with van der Waals surface area (Å²) in [6, 6.07) is 11.1. The van der Waals surface area contributed by atoms with Gasteiger partial charge in [-0.2, -0.15) is 13.2 Å². The second-order valence-electron chi connectivity index (χ2n) is 6.64. The molecular formula is C21H19ClF3NO2. The Balaban J connectivity index is 1.93. The monoisotopic (exact) mass is 409 g/mol. The van der Waals surface area contributed by atoms with Crippen LogP contribution in [0.1, 0.15) is 24.0 Å². The van der Waals surface area contributed by atoms with E-state index in [1.54, 1.807) is 31.4 Å². The summed E-state index contributed by atoms with van der Waals surface area (Å²) in [6.07, 6.45) is -3.48. The summed E-state index contributed by atoms with van der Waals surface area (Å²) in [5.41, 5.74) is -2.76. The molecule has 0 aliphatic heterocycles. The molecule has 0 bridgehead atoms. The molecule has 1 saturated carbocycles. The van der Waals surface area contributed by atoms with Crippen LogP contribution in [0.2, 0.25) is 5.02 Å². The van der Waals surface area contributed by atoms with Crippen LogP contribution in [0.5, 0.6) is 5.75 Å². The maximum Gasteiger partial charge on any atom is 0.433 e. The van der Waals surface area contributed by atoms with Crippen molar-refractivity contribution in [1.82, 2.24) is 0 Å². The summed E-state index contributed by atoms with van der Waals surface area (Å²) in [7, 11) is 1.55. The van der Waals surface area contributed by atoms with Gasteiger partial charge in [0.05, 0.1) is 7.11 Å². The average molecular weight is 410 g/mol. The number of nitrogens with one attached hydrogen (secondary N) is 1. The average Bonchev–Trinajstić information content (AvgIpc) is 3.49. The Labute approximate surface area is 166 Å². The molecule has 1 aliphatic carbocycles. The maximum atomic E-state index is 13.8. The number of ether oxygens (including phenoxy) is 1. The van der Waals surface area contributed by atoms with Gasteiger partial charge in [-0.1, -0.05) is 35.6 Å². The molecule has 2 aromatic rings. The number of halogens is 4. The van der Waals surface area contributed by atoms with E-state index >= 15 is 0 Å². The predicted molar refractivity (Wildman–Crippen MR) is 102 cm³/mol. The Morgan fingerprint density at radius 1 is 1.18 bits per heavy atom. The zero-order valence-corrected chi connectivity index (χ0v) is 15.9. The fourth-order valence-electron chi connectivity index (χ4n) is 2.64. The van der Waals surface area contributed by atoms with E-state index < -0.39 is 17.3 Å². The second-order valence-corrected chi connectivity index (χ2v) is 7.08. The fourth-order valence-corrected chi connectivity index (χ4v) is 2.81. The van der Waals surface area contributed by atoms with E-state index in [4.69, 9.17) is 16.3 Å². The molecular weight excluding hydrogens is 391 g/mol. The molecule has 0 heterocycles. The number of anilines is 1. The van der Waals surface area contributed by atoms with Gasteiger partial charge < -0.3 is 15.2 Å². The summed E-state index contributed by atoms with van der Waals surface area (Å²) in [6.45, 7) is 0.253. The van der Waals surface area contributed by atoms with Gasteiger partial charge in [0.1, 0.15) is 5.75 Å². The standard InChI is InChI=1S/C21H19ClF3NO2/c1-28-17-7-4-15(5-8-17)13-26-19-9-6-16(22)12-18(19)20(27,21(23,24)25)11-10-14-2-3-14/h4-9,12,14,26-27H,2-3,13H2,1H3/t20-/m1/s1. The van der Waals surface area contributed by atoms with E-state index in [-0.39, 0.29) is 23.2 Å². The number of methoxy groups -OCH3 is 1. The Hall–Kier alpha value is -2.36. The van der Waals surface area contributed by atoms with Gasteiger partial charge in [-0.05, 0) is 48.7 Å². The lowest BCUT2D eigenvalue weighted by atomic mass is 9.91. The highest BCUT2D eigenvalue weighted by Crippen LogP contribution is 2.43. The van der Waals surface area contributed by atoms with Crippen LogP contribution in [-0.2, 0) is 12.1 Å². The smallest absolute Gasteiger partial charge is 0.433 e. The highest BCUT2D eigenvalue weighted by molar-refractivity contribution is 6.30. The zero-order chi connectivity index (χ0) is 20.4. The minimum absolute atomic E-state index is 0.0842. The lowest BCUT2D eigenvalue weighted by molar-refractivity contribution is -0.240. The van der Waals surface area contributed by atoms with Gasteiger partial charge in [-0.25, -0.2) is 0 Å². The molecule has 2 aromatic carbocycles. The van der Waals surface area contributed by atoms with Crippen molar-refractivity contribution in [3.63, 3.8) is 0 Å². The lowest BCUT2D eigenvalue weighted by Crippen LogP contribution is -2.41. The van der Waals surface area contributed by atoms with E-state index in [9.17, 15) is 18.3 Å². The molecule has 3 rings (SSSR count). The Morgan fingerprint density at radius 2 is 1.86 bits per heavy atom. The van der Waals surface area contributed by atoms with E-state index in [2.05, 4.69) is 17.2 Å². The SMILES string of the molecule is COc1ccc(CNc2ccc(Cl)cc2[C@](O)(C#CC2CC2)C(F)(F)F)cc1. The van der Waals surface area contributed by atoms with Crippen molar-refractivity contribution in [2.75, 3.05) is 12.4 Å². The van der Waals surface area contributed by atoms with Crippen LogP contribution in [-0.4, -0.2) is 18.4 Å². The Morgan fingerprint density at radius 3 is 2.43 bits per heavy atom. The van der Waals surface area contributed by atoms with Gasteiger partial charge in [-0.3, -0.25) is 0 Å². The van der Waals surface area contributed by atoms with E-state index in [0.717, 1.165) is 24.5 Å². The minimum atomic E-state index is -4.98. The number of hydrogen-bond donors (Lipinski definition) is 2. The van der Waals surface area contributed by atoms with Gasteiger partial charge in [-0.15, -0.1) is 0 Å². The number of rotatable bonds is 5. The molecule has 7 heteroatoms. The Bertz CT molecular complexity index is 899. The highest BCUT2D eigenvalue weighted by Gasteiger charge is 2.55. The molecule has 1 atom stereocenters. The molecule has 3 nitrogen and oxygen atoms in total. The van der Waals surface area contributed by atoms with Gasteiger partial charge >= 0.3 is 6.18 Å². The number of hydrogen-bond acceptors (Lipinski definition) is 3. The van der Waals surface area contributed by atoms with Crippen molar-refractivity contribution in [2.45, 2.75) is 31.2 Å². The quantitative estimate of drug-likeness (QED) is 0.673. The summed E-state index contributed by atoms with van der Waals surface area (Å²) < 4.78 is 46.4. The van der Waals surface area contributed by atoms with Crippen LogP contribution < -0.4 is 10.1 Å². The van der Waals surface area contributed by atoms with Gasteiger partial charge in [0, 0.05) is 28.7 Å². The van der Waals surface area contributed by atoms with Crippen molar-refractivity contribution in [3.8, 4) is 17.6 Å². The first kappa shape index (κ1) is 20.4. The summed E-state index contributed by atoms with van der Waals surface area (Å²) in [5, 5.41) is 13.6. The number of aliphatic hydroxyl groups is 1. The first-order valence-electron chi connectivity index (χ1n) is 8.71. The molecule has 28 heavy (non-hydrogen) atoms. The molecule has 0 spiro atoms. The third-order valence-corrected chi connectivity index (χ3v) is 4.69. The topological polar surface area (TPSA) is 41.5 Å². The van der Waals surface area contributed by atoms with Gasteiger partial charge in [0.15, 0.2) is 0 Å². The third-order valence-electron chi connectivity index (χ3n) is 4.46. The molecule has 0 radical (unpaired) electrons. The first-order valence-corrected chi connectivity index (χ1v) is 9.09. The van der Waals surface area contributed by atoms with Crippen LogP contribution in [0.3, 0.4) is 0 Å². The summed E-state index contributed by atoms with van der Waals surface area (Å²) >= 11 is 5.93. The van der Waals surface area contributed by atoms with Gasteiger partial charge in [0.2, 0.25) is 5.60 Å². The largest absolute Gasteiger partial charge is 0.497 e. The normalized spacial score (nSPS) is 15.9. The molecule has 1 fully saturated rings. The molecule has 148 valence electrons. The van der Waals surface area contributed by atoms with Crippen molar-refractivity contribution in [3.05, 3.63) is 58.6 Å². The van der Waals surface area contributed by atoms with E-state index in [1.807, 2.05) is 0 Å². The van der Waals surface area contributed by atoms with Crippen LogP contribution in [0, 0.1) is 17.8 Å². The fraction of sp³-hybridized carbons (Fsp3) is 0.333. The number of alkyl halides is 3. The summed E-state index contributed by atoms with van der Waals surface area (Å²) in [4.78, 5) is 0. The van der Waals surface area contributed by atoms with Crippen LogP contribution >= 0.6 is 11.6 Å². The van der Waals surface area contributed by atoms with Crippen molar-refractivity contribution < 1.29 is 23.0 Å². The van der Waals surface area contributed by atoms with E-state index in [1.165, 1.54) is 12.1 Å². The van der Waals surface area contributed by atoms with E-state index in [0.29, 0.717) is 5.75 Å². The lowest BCUT2D eigenvalue weighted by Gasteiger charge is -2.28. The first-order chi connectivity index (χ1) is 13.2. The van der Waals surface area contributed by atoms with Crippen LogP contribution in [0.4, 0.5) is 18.9 Å².